The minimum Gasteiger partial charge on any atom is -0.454 e. The zero-order valence-corrected chi connectivity index (χ0v) is 27.8. The summed E-state index contributed by atoms with van der Waals surface area (Å²) in [6.45, 7) is 0. The molecule has 0 unspecified atom stereocenters. The summed E-state index contributed by atoms with van der Waals surface area (Å²) in [7, 11) is 0. The molecule has 51 heavy (non-hydrogen) atoms. The molecule has 240 valence electrons. The summed E-state index contributed by atoms with van der Waals surface area (Å²) in [5.41, 5.74) is 4.77. The SMILES string of the molecule is [2H]c1c([2H])c([2H])c(-c2c([2H])c([2H])c(N(c3cc(-c4ccccc4)cc(-c4cccc5c4sc4ccccc45)c3)c3cccc4c3oc3ccccc34)c([2H])c2[2H])c([2H])c1[2H]. The van der Waals surface area contributed by atoms with Gasteiger partial charge in [0.25, 0.3) is 0 Å². The number of thiophene rings is 1. The maximum absolute atomic E-state index is 9.65. The summed E-state index contributed by atoms with van der Waals surface area (Å²) in [5, 5.41) is 3.92. The first kappa shape index (κ1) is 21.6. The van der Waals surface area contributed by atoms with Crippen LogP contribution in [0, 0.1) is 0 Å². The van der Waals surface area contributed by atoms with E-state index in [1.165, 1.54) is 0 Å². The Morgan fingerprint density at radius 1 is 0.471 bits per heavy atom. The molecule has 0 amide bonds. The van der Waals surface area contributed by atoms with Crippen molar-refractivity contribution in [2.75, 3.05) is 4.90 Å². The number of para-hydroxylation sites is 2. The van der Waals surface area contributed by atoms with Crippen LogP contribution < -0.4 is 4.90 Å². The Labute approximate surface area is 312 Å². The molecule has 2 aromatic heterocycles. The van der Waals surface area contributed by atoms with Gasteiger partial charge < -0.3 is 9.32 Å². The molecule has 0 spiro atoms. The van der Waals surface area contributed by atoms with Gasteiger partial charge in [-0.3, -0.25) is 0 Å². The molecular weight excluding hydrogens is 639 g/mol. The Morgan fingerprint density at radius 3 is 2.02 bits per heavy atom. The van der Waals surface area contributed by atoms with Gasteiger partial charge in [-0.25, -0.2) is 0 Å². The van der Waals surface area contributed by atoms with Crippen LogP contribution in [0.5, 0.6) is 0 Å². The summed E-state index contributed by atoms with van der Waals surface area (Å²) in [4.78, 5) is 1.69. The van der Waals surface area contributed by atoms with Crippen LogP contribution in [0.4, 0.5) is 17.1 Å². The third kappa shape index (κ3) is 5.10. The van der Waals surface area contributed by atoms with Crippen molar-refractivity contribution in [1.29, 1.82) is 0 Å². The maximum Gasteiger partial charge on any atom is 0.159 e. The molecule has 10 aromatic rings. The van der Waals surface area contributed by atoms with Crippen LogP contribution in [0.2, 0.25) is 0 Å². The van der Waals surface area contributed by atoms with Crippen LogP contribution in [0.25, 0.3) is 75.5 Å². The number of rotatable bonds is 6. The van der Waals surface area contributed by atoms with Crippen LogP contribution in [-0.2, 0) is 0 Å². The Bertz CT molecular complexity index is 3340. The molecule has 3 heteroatoms. The monoisotopic (exact) mass is 678 g/mol. The molecule has 10 rings (SSSR count). The highest BCUT2D eigenvalue weighted by Gasteiger charge is 2.21. The Balaban J connectivity index is 1.31. The molecule has 2 heterocycles. The Kier molecular flexibility index (Phi) is 5.16. The lowest BCUT2D eigenvalue weighted by Crippen LogP contribution is -2.10. The van der Waals surface area contributed by atoms with E-state index in [1.807, 2.05) is 103 Å². The highest BCUT2D eigenvalue weighted by atomic mass is 32.1. The van der Waals surface area contributed by atoms with E-state index < -0.39 is 59.9 Å². The van der Waals surface area contributed by atoms with Gasteiger partial charge in [-0.2, -0.15) is 0 Å². The van der Waals surface area contributed by atoms with Crippen LogP contribution in [0.15, 0.2) is 192 Å². The zero-order chi connectivity index (χ0) is 41.6. The Morgan fingerprint density at radius 2 is 1.16 bits per heavy atom. The molecule has 0 saturated heterocycles. The van der Waals surface area contributed by atoms with Gasteiger partial charge in [0.1, 0.15) is 5.58 Å². The fourth-order valence-corrected chi connectivity index (χ4v) is 8.12. The quantitative estimate of drug-likeness (QED) is 0.174. The zero-order valence-electron chi connectivity index (χ0n) is 36.0. The maximum atomic E-state index is 9.65. The molecule has 8 aromatic carbocycles. The van der Waals surface area contributed by atoms with E-state index in [4.69, 9.17) is 11.3 Å². The van der Waals surface area contributed by atoms with E-state index in [9.17, 15) is 5.48 Å². The van der Waals surface area contributed by atoms with Gasteiger partial charge in [0, 0.05) is 42.3 Å². The topological polar surface area (TPSA) is 16.4 Å². The Hall–Kier alpha value is -6.42. The fourth-order valence-electron chi connectivity index (χ4n) is 6.88. The minimum absolute atomic E-state index is 0.106. The number of anilines is 3. The molecule has 0 aliphatic carbocycles. The van der Waals surface area contributed by atoms with Crippen molar-refractivity contribution in [2.24, 2.45) is 0 Å². The van der Waals surface area contributed by atoms with Gasteiger partial charge >= 0.3 is 0 Å². The van der Waals surface area contributed by atoms with Gasteiger partial charge in [0.05, 0.1) is 18.0 Å². The van der Waals surface area contributed by atoms with Gasteiger partial charge in [-0.15, -0.1) is 11.3 Å². The molecule has 0 radical (unpaired) electrons. The second kappa shape index (κ2) is 12.2. The standard InChI is InChI=1S/C48H31NOS/c1-3-13-32(14-4-1)34-25-27-37(28-26-34)49(44-22-12-20-42-40-17-7-9-23-45(40)50-47(42)44)38-30-35(33-15-5-2-6-16-33)29-36(31-38)39-19-11-21-43-41-18-8-10-24-46(41)51-48(39)43/h1-31H/i1D,3D,4D,13D,14D,25D,26D,27D,28D. The number of fused-ring (bicyclic) bond motifs is 6. The average Bonchev–Trinajstić information content (AvgIpc) is 3.86. The molecule has 2 nitrogen and oxygen atoms in total. The number of furan rings is 1. The van der Waals surface area contributed by atoms with E-state index in [-0.39, 0.29) is 11.3 Å². The van der Waals surface area contributed by atoms with Crippen molar-refractivity contribution < 1.29 is 16.8 Å². The summed E-state index contributed by atoms with van der Waals surface area (Å²) in [6.07, 6.45) is 0. The van der Waals surface area contributed by atoms with Crippen molar-refractivity contribution in [2.45, 2.75) is 0 Å². The second-order valence-electron chi connectivity index (χ2n) is 12.2. The summed E-state index contributed by atoms with van der Waals surface area (Å²) in [5.74, 6) is 0. The van der Waals surface area contributed by atoms with Gasteiger partial charge in [-0.1, -0.05) is 139 Å². The number of benzene rings is 8. The highest BCUT2D eigenvalue weighted by molar-refractivity contribution is 7.26. The lowest BCUT2D eigenvalue weighted by Gasteiger charge is -2.27. The van der Waals surface area contributed by atoms with Crippen molar-refractivity contribution >= 4 is 70.5 Å². The molecule has 0 aliphatic heterocycles. The van der Waals surface area contributed by atoms with E-state index in [0.717, 1.165) is 53.2 Å². The predicted molar refractivity (Wildman–Crippen MR) is 218 cm³/mol. The first-order valence-electron chi connectivity index (χ1n) is 21.0. The molecule has 0 fully saturated rings. The number of hydrogen-bond donors (Lipinski definition) is 0. The van der Waals surface area contributed by atoms with Crippen molar-refractivity contribution in [3.8, 4) is 33.4 Å². The average molecular weight is 679 g/mol. The summed E-state index contributed by atoms with van der Waals surface area (Å²) < 4.78 is 89.0. The third-order valence-corrected chi connectivity index (χ3v) is 10.4. The number of nitrogens with zero attached hydrogens (tertiary/aromatic N) is 1. The largest absolute Gasteiger partial charge is 0.454 e. The smallest absolute Gasteiger partial charge is 0.159 e. The summed E-state index contributed by atoms with van der Waals surface area (Å²) in [6, 6.07) is 38.6. The van der Waals surface area contributed by atoms with E-state index in [1.54, 1.807) is 16.2 Å². The first-order chi connectivity index (χ1) is 29.0. The van der Waals surface area contributed by atoms with Crippen molar-refractivity contribution in [1.82, 2.24) is 0 Å². The van der Waals surface area contributed by atoms with Crippen LogP contribution in [-0.4, -0.2) is 0 Å². The molecule has 0 bridgehead atoms. The minimum atomic E-state index is -0.635. The molecule has 0 atom stereocenters. The van der Waals surface area contributed by atoms with E-state index in [0.29, 0.717) is 22.5 Å². The van der Waals surface area contributed by atoms with Gasteiger partial charge in [0.2, 0.25) is 0 Å². The van der Waals surface area contributed by atoms with E-state index in [2.05, 4.69) is 30.3 Å². The second-order valence-corrected chi connectivity index (χ2v) is 13.3. The lowest BCUT2D eigenvalue weighted by atomic mass is 9.96. The van der Waals surface area contributed by atoms with Gasteiger partial charge in [-0.05, 0) is 81.9 Å². The predicted octanol–water partition coefficient (Wildman–Crippen LogP) is 14.4. The fraction of sp³-hybridized carbons (Fsp3) is 0. The molecule has 0 aliphatic rings. The van der Waals surface area contributed by atoms with Crippen molar-refractivity contribution in [3.05, 3.63) is 188 Å². The van der Waals surface area contributed by atoms with Gasteiger partial charge in [0.15, 0.2) is 5.58 Å². The molecule has 0 saturated carbocycles. The normalized spacial score (nSPS) is 14.0. The lowest BCUT2D eigenvalue weighted by molar-refractivity contribution is 0.669. The first-order valence-corrected chi connectivity index (χ1v) is 17.3. The molecule has 0 N–H and O–H groups in total. The number of hydrogen-bond acceptors (Lipinski definition) is 3. The van der Waals surface area contributed by atoms with Crippen LogP contribution in [0.3, 0.4) is 0 Å². The third-order valence-electron chi connectivity index (χ3n) is 9.21. The van der Waals surface area contributed by atoms with Crippen molar-refractivity contribution in [3.63, 3.8) is 0 Å². The van der Waals surface area contributed by atoms with Crippen LogP contribution >= 0.6 is 11.3 Å². The molecular formula is C48H31NOS. The highest BCUT2D eigenvalue weighted by Crippen LogP contribution is 2.46. The van der Waals surface area contributed by atoms with Crippen LogP contribution in [0.1, 0.15) is 12.3 Å². The summed E-state index contributed by atoms with van der Waals surface area (Å²) >= 11 is 1.70. The van der Waals surface area contributed by atoms with E-state index >= 15 is 0 Å².